The number of pyridine rings is 1. The van der Waals surface area contributed by atoms with Gasteiger partial charge >= 0.3 is 0 Å². The van der Waals surface area contributed by atoms with Crippen LogP contribution in [0, 0.1) is 0 Å². The highest BCUT2D eigenvalue weighted by atomic mass is 79.9. The Morgan fingerprint density at radius 1 is 1.12 bits per heavy atom. The number of aromatic nitrogens is 5. The van der Waals surface area contributed by atoms with Crippen molar-refractivity contribution < 1.29 is 9.47 Å². The van der Waals surface area contributed by atoms with Gasteiger partial charge in [0.05, 0.1) is 23.2 Å². The zero-order chi connectivity index (χ0) is 17.8. The standard InChI is InChI=1S/C16H16BrN5O3/c1-3-24-9-7-11(14(17)13(8-9)25-4-2)12-6-5-10(16(23)18-12)15-19-21-22-20-15/h5-8H,3-4H2,1-2H3,(H,18,23)(H,19,20,21,22). The van der Waals surface area contributed by atoms with Crippen LogP contribution >= 0.6 is 15.9 Å². The molecule has 0 unspecified atom stereocenters. The first-order chi connectivity index (χ1) is 12.1. The van der Waals surface area contributed by atoms with E-state index in [2.05, 4.69) is 41.5 Å². The Labute approximate surface area is 151 Å². The zero-order valence-corrected chi connectivity index (χ0v) is 15.3. The lowest BCUT2D eigenvalue weighted by Crippen LogP contribution is -2.10. The molecule has 2 heterocycles. The fourth-order valence-electron chi connectivity index (χ4n) is 2.36. The second-order valence-electron chi connectivity index (χ2n) is 5.00. The molecule has 0 aliphatic rings. The van der Waals surface area contributed by atoms with Crippen LogP contribution in [0.3, 0.4) is 0 Å². The second-order valence-corrected chi connectivity index (χ2v) is 5.79. The Kier molecular flexibility index (Phi) is 5.13. The number of halogens is 1. The minimum atomic E-state index is -0.314. The molecule has 0 spiro atoms. The lowest BCUT2D eigenvalue weighted by molar-refractivity contribution is 0.322. The van der Waals surface area contributed by atoms with Crippen LogP contribution < -0.4 is 15.0 Å². The first-order valence-corrected chi connectivity index (χ1v) is 8.50. The number of ether oxygens (including phenoxy) is 2. The van der Waals surface area contributed by atoms with Gasteiger partial charge in [-0.2, -0.15) is 5.21 Å². The molecule has 3 aromatic rings. The average Bonchev–Trinajstić information content (AvgIpc) is 3.12. The van der Waals surface area contributed by atoms with Crippen LogP contribution in [0.1, 0.15) is 13.8 Å². The van der Waals surface area contributed by atoms with Crippen LogP contribution in [-0.4, -0.2) is 38.8 Å². The molecule has 9 heteroatoms. The molecule has 0 radical (unpaired) electrons. The summed E-state index contributed by atoms with van der Waals surface area (Å²) in [5.41, 5.74) is 1.39. The molecule has 8 nitrogen and oxygen atoms in total. The molecule has 0 bridgehead atoms. The molecule has 25 heavy (non-hydrogen) atoms. The second kappa shape index (κ2) is 7.47. The maximum Gasteiger partial charge on any atom is 0.259 e. The van der Waals surface area contributed by atoms with Crippen molar-refractivity contribution in [2.45, 2.75) is 13.8 Å². The number of tetrazole rings is 1. The highest BCUT2D eigenvalue weighted by Gasteiger charge is 2.15. The molecule has 1 aromatic carbocycles. The van der Waals surface area contributed by atoms with E-state index in [4.69, 9.17) is 9.47 Å². The molecule has 0 aliphatic carbocycles. The number of aromatic amines is 2. The molecule has 0 fully saturated rings. The first-order valence-electron chi connectivity index (χ1n) is 7.70. The Balaban J connectivity index is 2.09. The SMILES string of the molecule is CCOc1cc(OCC)c(Br)c(-c2ccc(-c3nn[nH]n3)c(=O)[nH]2)c1. The van der Waals surface area contributed by atoms with Gasteiger partial charge in [0.25, 0.3) is 5.56 Å². The van der Waals surface area contributed by atoms with Crippen molar-refractivity contribution in [2.75, 3.05) is 13.2 Å². The Morgan fingerprint density at radius 3 is 2.56 bits per heavy atom. The topological polar surface area (TPSA) is 106 Å². The quantitative estimate of drug-likeness (QED) is 0.652. The first kappa shape index (κ1) is 17.2. The van der Waals surface area contributed by atoms with Gasteiger partial charge in [-0.3, -0.25) is 4.79 Å². The largest absolute Gasteiger partial charge is 0.494 e. The molecule has 0 saturated heterocycles. The van der Waals surface area contributed by atoms with E-state index in [-0.39, 0.29) is 11.4 Å². The predicted octanol–water partition coefficient (Wildman–Crippen LogP) is 2.78. The fraction of sp³-hybridized carbons (Fsp3) is 0.250. The molecule has 130 valence electrons. The molecule has 0 saturated carbocycles. The van der Waals surface area contributed by atoms with Crippen LogP contribution in [0.2, 0.25) is 0 Å². The maximum atomic E-state index is 12.4. The fourth-order valence-corrected chi connectivity index (χ4v) is 2.92. The van der Waals surface area contributed by atoms with Gasteiger partial charge < -0.3 is 14.5 Å². The van der Waals surface area contributed by atoms with Crippen molar-refractivity contribution in [3.63, 3.8) is 0 Å². The van der Waals surface area contributed by atoms with Gasteiger partial charge in [0.2, 0.25) is 5.82 Å². The summed E-state index contributed by atoms with van der Waals surface area (Å²) in [6.07, 6.45) is 0. The van der Waals surface area contributed by atoms with Crippen molar-refractivity contribution >= 4 is 15.9 Å². The Hall–Kier alpha value is -2.68. The van der Waals surface area contributed by atoms with Crippen molar-refractivity contribution in [1.82, 2.24) is 25.6 Å². The molecule has 2 aromatic heterocycles. The number of H-pyrrole nitrogens is 2. The summed E-state index contributed by atoms with van der Waals surface area (Å²) in [6.45, 7) is 4.85. The van der Waals surface area contributed by atoms with E-state index in [1.165, 1.54) is 0 Å². The van der Waals surface area contributed by atoms with Crippen LogP contribution in [0.4, 0.5) is 0 Å². The van der Waals surface area contributed by atoms with E-state index >= 15 is 0 Å². The monoisotopic (exact) mass is 405 g/mol. The molecular weight excluding hydrogens is 390 g/mol. The van der Waals surface area contributed by atoms with E-state index in [0.717, 1.165) is 10.0 Å². The minimum absolute atomic E-state index is 0.241. The lowest BCUT2D eigenvalue weighted by atomic mass is 10.1. The summed E-state index contributed by atoms with van der Waals surface area (Å²) in [4.78, 5) is 15.2. The van der Waals surface area contributed by atoms with E-state index in [0.29, 0.717) is 36.0 Å². The van der Waals surface area contributed by atoms with E-state index in [1.54, 1.807) is 12.1 Å². The molecule has 0 atom stereocenters. The van der Waals surface area contributed by atoms with Gasteiger partial charge in [-0.05, 0) is 53.2 Å². The predicted molar refractivity (Wildman–Crippen MR) is 95.7 cm³/mol. The van der Waals surface area contributed by atoms with E-state index < -0.39 is 0 Å². The minimum Gasteiger partial charge on any atom is -0.494 e. The van der Waals surface area contributed by atoms with Crippen molar-refractivity contribution in [2.24, 2.45) is 0 Å². The third-order valence-corrected chi connectivity index (χ3v) is 4.23. The summed E-state index contributed by atoms with van der Waals surface area (Å²) in [7, 11) is 0. The van der Waals surface area contributed by atoms with Crippen molar-refractivity contribution in [1.29, 1.82) is 0 Å². The summed E-state index contributed by atoms with van der Waals surface area (Å²) >= 11 is 3.54. The zero-order valence-electron chi connectivity index (χ0n) is 13.7. The van der Waals surface area contributed by atoms with Crippen LogP contribution in [0.15, 0.2) is 33.5 Å². The number of benzene rings is 1. The maximum absolute atomic E-state index is 12.4. The van der Waals surface area contributed by atoms with Gasteiger partial charge in [0.1, 0.15) is 11.5 Å². The van der Waals surface area contributed by atoms with Gasteiger partial charge in [-0.1, -0.05) is 0 Å². The summed E-state index contributed by atoms with van der Waals surface area (Å²) in [6, 6.07) is 7.08. The Bertz CT molecular complexity index is 924. The normalized spacial score (nSPS) is 10.7. The van der Waals surface area contributed by atoms with E-state index in [9.17, 15) is 4.79 Å². The number of nitrogens with one attached hydrogen (secondary N) is 2. The number of nitrogens with zero attached hydrogens (tertiary/aromatic N) is 3. The van der Waals surface area contributed by atoms with E-state index in [1.807, 2.05) is 26.0 Å². The number of hydrogen-bond acceptors (Lipinski definition) is 6. The van der Waals surface area contributed by atoms with Gasteiger partial charge in [0.15, 0.2) is 0 Å². The van der Waals surface area contributed by atoms with Crippen LogP contribution in [-0.2, 0) is 0 Å². The molecule has 3 rings (SSSR count). The van der Waals surface area contributed by atoms with Crippen molar-refractivity contribution in [3.8, 4) is 34.1 Å². The van der Waals surface area contributed by atoms with Gasteiger partial charge in [-0.15, -0.1) is 10.2 Å². The lowest BCUT2D eigenvalue weighted by Gasteiger charge is -2.14. The number of rotatable bonds is 6. The number of hydrogen-bond donors (Lipinski definition) is 2. The molecule has 0 amide bonds. The van der Waals surface area contributed by atoms with Gasteiger partial charge in [-0.25, -0.2) is 0 Å². The van der Waals surface area contributed by atoms with Crippen LogP contribution in [0.25, 0.3) is 22.6 Å². The molecule has 0 aliphatic heterocycles. The third kappa shape index (κ3) is 3.55. The average molecular weight is 406 g/mol. The summed E-state index contributed by atoms with van der Waals surface area (Å²) in [5.74, 6) is 1.55. The van der Waals surface area contributed by atoms with Gasteiger partial charge in [0, 0.05) is 17.3 Å². The summed E-state index contributed by atoms with van der Waals surface area (Å²) < 4.78 is 12.0. The van der Waals surface area contributed by atoms with Crippen LogP contribution in [0.5, 0.6) is 11.5 Å². The third-order valence-electron chi connectivity index (χ3n) is 3.41. The highest BCUT2D eigenvalue weighted by Crippen LogP contribution is 2.38. The molecular formula is C16H16BrN5O3. The Morgan fingerprint density at radius 2 is 1.92 bits per heavy atom. The highest BCUT2D eigenvalue weighted by molar-refractivity contribution is 9.10. The summed E-state index contributed by atoms with van der Waals surface area (Å²) in [5, 5.41) is 13.5. The van der Waals surface area contributed by atoms with Crippen molar-refractivity contribution in [3.05, 3.63) is 39.1 Å². The smallest absolute Gasteiger partial charge is 0.259 e. The molecule has 2 N–H and O–H groups in total.